The van der Waals surface area contributed by atoms with Gasteiger partial charge in [0.15, 0.2) is 0 Å². The Balaban J connectivity index is 1.27. The van der Waals surface area contributed by atoms with Crippen molar-refractivity contribution in [3.8, 4) is 0 Å². The van der Waals surface area contributed by atoms with Crippen LogP contribution in [-0.2, 0) is 4.84 Å². The lowest BCUT2D eigenvalue weighted by Gasteiger charge is -2.36. The molecule has 6 atom stereocenters. The van der Waals surface area contributed by atoms with Crippen LogP contribution in [0.5, 0.6) is 0 Å². The molecule has 144 valence electrons. The van der Waals surface area contributed by atoms with Crippen LogP contribution < -0.4 is 16.1 Å². The standard InChI is InChI=1S/C18H35N5OS/c1-22(2)16-8-7-13(11-19-16)17-20-18(24-21-17)15-6-3-9-23(15)12-14-5-4-10-25-14/h13-21H,3-12H2,1-2H3. The van der Waals surface area contributed by atoms with Crippen molar-refractivity contribution in [3.05, 3.63) is 0 Å². The smallest absolute Gasteiger partial charge is 0.146 e. The van der Waals surface area contributed by atoms with Gasteiger partial charge in [-0.05, 0) is 64.9 Å². The Kier molecular flexibility index (Phi) is 6.22. The van der Waals surface area contributed by atoms with Gasteiger partial charge < -0.3 is 5.32 Å². The summed E-state index contributed by atoms with van der Waals surface area (Å²) >= 11 is 2.17. The Labute approximate surface area is 156 Å². The van der Waals surface area contributed by atoms with E-state index in [0.717, 1.165) is 11.8 Å². The molecule has 4 aliphatic heterocycles. The third-order valence-electron chi connectivity index (χ3n) is 6.41. The highest BCUT2D eigenvalue weighted by molar-refractivity contribution is 8.00. The van der Waals surface area contributed by atoms with E-state index < -0.39 is 0 Å². The summed E-state index contributed by atoms with van der Waals surface area (Å²) in [6.07, 6.45) is 8.75. The maximum Gasteiger partial charge on any atom is 0.146 e. The van der Waals surface area contributed by atoms with Gasteiger partial charge in [-0.2, -0.15) is 17.2 Å². The zero-order valence-electron chi connectivity index (χ0n) is 15.7. The van der Waals surface area contributed by atoms with Gasteiger partial charge in [-0.15, -0.1) is 0 Å². The van der Waals surface area contributed by atoms with E-state index in [9.17, 15) is 0 Å². The molecule has 0 bridgehead atoms. The number of hydroxylamine groups is 1. The fourth-order valence-corrected chi connectivity index (χ4v) is 6.17. The Bertz CT molecular complexity index is 426. The lowest BCUT2D eigenvalue weighted by Crippen LogP contribution is -2.54. The molecule has 25 heavy (non-hydrogen) atoms. The maximum absolute atomic E-state index is 6.02. The molecule has 7 heteroatoms. The van der Waals surface area contributed by atoms with Crippen molar-refractivity contribution in [3.63, 3.8) is 0 Å². The number of rotatable bonds is 5. The molecular weight excluding hydrogens is 334 g/mol. The molecule has 4 fully saturated rings. The van der Waals surface area contributed by atoms with E-state index in [2.05, 4.69) is 51.8 Å². The van der Waals surface area contributed by atoms with E-state index in [1.165, 1.54) is 57.4 Å². The summed E-state index contributed by atoms with van der Waals surface area (Å²) in [6.45, 7) is 3.54. The van der Waals surface area contributed by atoms with Gasteiger partial charge in [0.1, 0.15) is 6.23 Å². The molecule has 6 unspecified atom stereocenters. The average molecular weight is 370 g/mol. The monoisotopic (exact) mass is 369 g/mol. The molecule has 0 amide bonds. The van der Waals surface area contributed by atoms with Crippen LogP contribution in [0.15, 0.2) is 0 Å². The summed E-state index contributed by atoms with van der Waals surface area (Å²) in [5.41, 5.74) is 3.31. The maximum atomic E-state index is 6.02. The lowest BCUT2D eigenvalue weighted by molar-refractivity contribution is -0.0238. The molecule has 3 N–H and O–H groups in total. The fourth-order valence-electron chi connectivity index (χ4n) is 4.87. The number of nitrogens with one attached hydrogen (secondary N) is 3. The molecule has 4 rings (SSSR count). The van der Waals surface area contributed by atoms with Crippen molar-refractivity contribution in [2.45, 2.75) is 68.4 Å². The molecule has 0 saturated carbocycles. The van der Waals surface area contributed by atoms with Crippen LogP contribution in [0.4, 0.5) is 0 Å². The van der Waals surface area contributed by atoms with E-state index in [0.29, 0.717) is 18.1 Å². The van der Waals surface area contributed by atoms with E-state index in [1.54, 1.807) is 0 Å². The van der Waals surface area contributed by atoms with Crippen LogP contribution in [0.3, 0.4) is 0 Å². The highest BCUT2D eigenvalue weighted by Crippen LogP contribution is 2.31. The largest absolute Gasteiger partial charge is 0.301 e. The Hall–Kier alpha value is 0.110. The second kappa shape index (κ2) is 8.42. The SMILES string of the molecule is CN(C)C1CCC(C2NOC(C3CCCN3CC3CCCS3)N2)CN1. The highest BCUT2D eigenvalue weighted by Gasteiger charge is 2.41. The van der Waals surface area contributed by atoms with Crippen LogP contribution in [-0.4, -0.2) is 79.1 Å². The Morgan fingerprint density at radius 2 is 2.08 bits per heavy atom. The molecule has 0 aromatic heterocycles. The number of hydrogen-bond acceptors (Lipinski definition) is 7. The summed E-state index contributed by atoms with van der Waals surface area (Å²) in [7, 11) is 4.31. The minimum atomic E-state index is 0.144. The Morgan fingerprint density at radius 3 is 2.80 bits per heavy atom. The van der Waals surface area contributed by atoms with Crippen LogP contribution in [0, 0.1) is 5.92 Å². The van der Waals surface area contributed by atoms with Crippen molar-refractivity contribution in [2.75, 3.05) is 39.5 Å². The molecule has 6 nitrogen and oxygen atoms in total. The van der Waals surface area contributed by atoms with Crippen LogP contribution in [0.25, 0.3) is 0 Å². The van der Waals surface area contributed by atoms with E-state index >= 15 is 0 Å². The number of nitrogens with zero attached hydrogens (tertiary/aromatic N) is 2. The molecule has 4 heterocycles. The van der Waals surface area contributed by atoms with Gasteiger partial charge in [0.05, 0.1) is 18.4 Å². The summed E-state index contributed by atoms with van der Waals surface area (Å²) in [5, 5.41) is 8.27. The van der Waals surface area contributed by atoms with Crippen LogP contribution in [0.2, 0.25) is 0 Å². The molecule has 0 radical (unpaired) electrons. The van der Waals surface area contributed by atoms with E-state index in [-0.39, 0.29) is 12.4 Å². The quantitative estimate of drug-likeness (QED) is 0.669. The minimum Gasteiger partial charge on any atom is -0.301 e. The van der Waals surface area contributed by atoms with Crippen molar-refractivity contribution in [1.29, 1.82) is 0 Å². The average Bonchev–Trinajstić information content (AvgIpc) is 3.37. The molecule has 0 spiro atoms. The normalized spacial score (nSPS) is 43.3. The molecule has 0 aromatic carbocycles. The predicted molar refractivity (Wildman–Crippen MR) is 103 cm³/mol. The van der Waals surface area contributed by atoms with Gasteiger partial charge in [-0.1, -0.05) is 0 Å². The summed E-state index contributed by atoms with van der Waals surface area (Å²) in [4.78, 5) is 11.0. The van der Waals surface area contributed by atoms with Crippen molar-refractivity contribution in [2.24, 2.45) is 5.92 Å². The third-order valence-corrected chi connectivity index (χ3v) is 7.79. The molecular formula is C18H35N5OS. The van der Waals surface area contributed by atoms with Gasteiger partial charge >= 0.3 is 0 Å². The van der Waals surface area contributed by atoms with Gasteiger partial charge in [0.25, 0.3) is 0 Å². The van der Waals surface area contributed by atoms with Crippen molar-refractivity contribution < 1.29 is 4.84 Å². The van der Waals surface area contributed by atoms with E-state index in [4.69, 9.17) is 4.84 Å². The lowest BCUT2D eigenvalue weighted by atomic mass is 9.94. The fraction of sp³-hybridized carbons (Fsp3) is 1.00. The van der Waals surface area contributed by atoms with Crippen molar-refractivity contribution >= 4 is 11.8 Å². The number of piperidine rings is 1. The van der Waals surface area contributed by atoms with Gasteiger partial charge in [-0.3, -0.25) is 20.0 Å². The zero-order chi connectivity index (χ0) is 17.2. The topological polar surface area (TPSA) is 51.8 Å². The minimum absolute atomic E-state index is 0.144. The number of likely N-dealkylation sites (tertiary alicyclic amines) is 1. The van der Waals surface area contributed by atoms with E-state index in [1.807, 2.05) is 0 Å². The first kappa shape index (κ1) is 18.5. The first-order valence-corrected chi connectivity index (χ1v) is 11.2. The van der Waals surface area contributed by atoms with Crippen LogP contribution in [0.1, 0.15) is 38.5 Å². The molecule has 4 saturated heterocycles. The molecule has 0 aliphatic carbocycles. The number of thioether (sulfide) groups is 1. The second-order valence-electron chi connectivity index (χ2n) is 8.37. The van der Waals surface area contributed by atoms with Gasteiger partial charge in [-0.25, -0.2) is 0 Å². The summed E-state index contributed by atoms with van der Waals surface area (Å²) in [6, 6.07) is 0.532. The Morgan fingerprint density at radius 1 is 1.16 bits per heavy atom. The first-order valence-electron chi connectivity index (χ1n) is 10.1. The first-order chi connectivity index (χ1) is 12.2. The number of hydrogen-bond donors (Lipinski definition) is 3. The summed E-state index contributed by atoms with van der Waals surface area (Å²) in [5.74, 6) is 1.95. The van der Waals surface area contributed by atoms with Crippen LogP contribution >= 0.6 is 11.8 Å². The van der Waals surface area contributed by atoms with Gasteiger partial charge in [0, 0.05) is 24.3 Å². The zero-order valence-corrected chi connectivity index (χ0v) is 16.6. The predicted octanol–water partition coefficient (Wildman–Crippen LogP) is 1.01. The molecule has 0 aromatic rings. The second-order valence-corrected chi connectivity index (χ2v) is 9.77. The van der Waals surface area contributed by atoms with Crippen molar-refractivity contribution in [1.82, 2.24) is 25.9 Å². The highest BCUT2D eigenvalue weighted by atomic mass is 32.2. The molecule has 4 aliphatic rings. The summed E-state index contributed by atoms with van der Waals surface area (Å²) < 4.78 is 0. The third kappa shape index (κ3) is 4.34. The van der Waals surface area contributed by atoms with Gasteiger partial charge in [0.2, 0.25) is 0 Å².